The largest absolute Gasteiger partial charge is 0.357 e. The van der Waals surface area contributed by atoms with Crippen molar-refractivity contribution >= 4 is 29.9 Å². The molecule has 1 aromatic heterocycles. The van der Waals surface area contributed by atoms with E-state index in [0.717, 1.165) is 45.0 Å². The van der Waals surface area contributed by atoms with Crippen LogP contribution >= 0.6 is 24.0 Å². The highest BCUT2D eigenvalue weighted by Gasteiger charge is 2.38. The van der Waals surface area contributed by atoms with E-state index in [1.165, 1.54) is 64.5 Å². The van der Waals surface area contributed by atoms with Crippen molar-refractivity contribution in [3.8, 4) is 0 Å². The van der Waals surface area contributed by atoms with Crippen LogP contribution in [-0.2, 0) is 6.54 Å². The van der Waals surface area contributed by atoms with E-state index in [0.29, 0.717) is 0 Å². The number of rotatable bonds is 9. The smallest absolute Gasteiger partial charge is 0.250 e. The molecule has 1 aliphatic heterocycles. The van der Waals surface area contributed by atoms with Crippen LogP contribution in [0.1, 0.15) is 71.1 Å². The van der Waals surface area contributed by atoms with Crippen LogP contribution < -0.4 is 16.2 Å². The number of aryl methyl sites for hydroxylation is 1. The Kier molecular flexibility index (Phi) is 11.9. The van der Waals surface area contributed by atoms with Gasteiger partial charge in [0.25, 0.3) is 0 Å². The highest BCUT2D eigenvalue weighted by molar-refractivity contribution is 14.0. The van der Waals surface area contributed by atoms with Gasteiger partial charge in [-0.25, -0.2) is 0 Å². The molecule has 0 atom stereocenters. The minimum Gasteiger partial charge on any atom is -0.357 e. The molecular formula is C24H42IN5O. The number of piperidine rings is 1. The highest BCUT2D eigenvalue weighted by atomic mass is 127. The monoisotopic (exact) mass is 543 g/mol. The number of hydrogen-bond donors (Lipinski definition) is 2. The fourth-order valence-electron chi connectivity index (χ4n) is 4.98. The predicted molar refractivity (Wildman–Crippen MR) is 141 cm³/mol. The predicted octanol–water partition coefficient (Wildman–Crippen LogP) is 3.99. The lowest BCUT2D eigenvalue weighted by Crippen LogP contribution is -2.54. The number of aromatic nitrogens is 1. The normalized spacial score (nSPS) is 19.5. The van der Waals surface area contributed by atoms with Crippen LogP contribution in [0.4, 0.5) is 0 Å². The molecular weight excluding hydrogens is 501 g/mol. The van der Waals surface area contributed by atoms with Gasteiger partial charge in [0.05, 0.1) is 6.54 Å². The Balaban J connectivity index is 0.00000341. The van der Waals surface area contributed by atoms with Gasteiger partial charge >= 0.3 is 0 Å². The van der Waals surface area contributed by atoms with E-state index in [1.807, 2.05) is 12.3 Å². The summed E-state index contributed by atoms with van der Waals surface area (Å²) in [5.74, 6) is 0.941. The van der Waals surface area contributed by atoms with Crippen LogP contribution in [0.25, 0.3) is 0 Å². The van der Waals surface area contributed by atoms with Crippen molar-refractivity contribution in [1.29, 1.82) is 0 Å². The molecule has 31 heavy (non-hydrogen) atoms. The van der Waals surface area contributed by atoms with Gasteiger partial charge in [-0.05, 0) is 64.6 Å². The number of guanidine groups is 1. The van der Waals surface area contributed by atoms with Gasteiger partial charge in [-0.3, -0.25) is 14.7 Å². The summed E-state index contributed by atoms with van der Waals surface area (Å²) in [6.07, 6.45) is 14.6. The van der Waals surface area contributed by atoms with E-state index >= 15 is 0 Å². The number of hydrogen-bond acceptors (Lipinski definition) is 3. The quantitative estimate of drug-likeness (QED) is 0.214. The van der Waals surface area contributed by atoms with E-state index in [2.05, 4.69) is 22.5 Å². The second-order valence-corrected chi connectivity index (χ2v) is 8.89. The first-order valence-corrected chi connectivity index (χ1v) is 12.2. The summed E-state index contributed by atoms with van der Waals surface area (Å²) in [6.45, 7) is 8.05. The summed E-state index contributed by atoms with van der Waals surface area (Å²) in [5, 5.41) is 6.94. The number of nitrogens with one attached hydrogen (secondary N) is 2. The molecule has 0 radical (unpaired) electrons. The Morgan fingerprint density at radius 2 is 1.77 bits per heavy atom. The molecule has 2 fully saturated rings. The second-order valence-electron chi connectivity index (χ2n) is 8.89. The summed E-state index contributed by atoms with van der Waals surface area (Å²) >= 11 is 0. The van der Waals surface area contributed by atoms with Crippen molar-refractivity contribution in [3.63, 3.8) is 0 Å². The maximum Gasteiger partial charge on any atom is 0.250 e. The topological polar surface area (TPSA) is 61.7 Å². The number of likely N-dealkylation sites (tertiary alicyclic amines) is 1. The van der Waals surface area contributed by atoms with Gasteiger partial charge < -0.3 is 15.2 Å². The van der Waals surface area contributed by atoms with Gasteiger partial charge in [0.15, 0.2) is 5.96 Å². The fourth-order valence-corrected chi connectivity index (χ4v) is 4.98. The number of aliphatic imine (C=N–C) groups is 1. The lowest BCUT2D eigenvalue weighted by molar-refractivity contribution is 0.0407. The Bertz CT molecular complexity index is 708. The number of pyridine rings is 1. The fraction of sp³-hybridized carbons (Fsp3) is 0.750. The van der Waals surface area contributed by atoms with Crippen molar-refractivity contribution in [2.75, 3.05) is 32.7 Å². The Hall–Kier alpha value is -1.09. The number of halogens is 1. The molecule has 0 aromatic carbocycles. The zero-order valence-corrected chi connectivity index (χ0v) is 21.6. The average molecular weight is 544 g/mol. The first kappa shape index (κ1) is 26.2. The number of nitrogens with zero attached hydrogens (tertiary/aromatic N) is 3. The van der Waals surface area contributed by atoms with Crippen LogP contribution in [0, 0.1) is 0 Å². The van der Waals surface area contributed by atoms with Gasteiger partial charge in [0.1, 0.15) is 0 Å². The van der Waals surface area contributed by atoms with Crippen LogP contribution in [-0.4, -0.2) is 53.7 Å². The van der Waals surface area contributed by atoms with Gasteiger partial charge in [0, 0.05) is 37.4 Å². The lowest BCUT2D eigenvalue weighted by atomic mass is 9.79. The summed E-state index contributed by atoms with van der Waals surface area (Å²) in [6, 6.07) is 5.33. The first-order chi connectivity index (χ1) is 14.7. The molecule has 7 heteroatoms. The zero-order valence-electron chi connectivity index (χ0n) is 19.3. The Morgan fingerprint density at radius 1 is 1.03 bits per heavy atom. The molecule has 6 nitrogen and oxygen atoms in total. The molecule has 0 unspecified atom stereocenters. The molecule has 1 saturated heterocycles. The minimum atomic E-state index is 0. The van der Waals surface area contributed by atoms with Crippen LogP contribution in [0.3, 0.4) is 0 Å². The molecule has 2 aliphatic rings. The van der Waals surface area contributed by atoms with Crippen molar-refractivity contribution in [2.24, 2.45) is 4.99 Å². The van der Waals surface area contributed by atoms with Gasteiger partial charge in [-0.2, -0.15) is 0 Å². The molecule has 1 saturated carbocycles. The van der Waals surface area contributed by atoms with Crippen LogP contribution in [0.5, 0.6) is 0 Å². The number of unbranched alkanes of at least 4 members (excludes halogenated alkanes) is 1. The molecule has 2 N–H and O–H groups in total. The van der Waals surface area contributed by atoms with E-state index < -0.39 is 0 Å². The van der Waals surface area contributed by atoms with Crippen LogP contribution in [0.2, 0.25) is 0 Å². The van der Waals surface area contributed by atoms with Gasteiger partial charge in [-0.15, -0.1) is 24.0 Å². The first-order valence-electron chi connectivity index (χ1n) is 12.2. The van der Waals surface area contributed by atoms with E-state index in [1.54, 1.807) is 16.7 Å². The lowest BCUT2D eigenvalue weighted by Gasteiger charge is -2.47. The third kappa shape index (κ3) is 8.08. The average Bonchev–Trinajstić information content (AvgIpc) is 2.79. The second kappa shape index (κ2) is 14.1. The Morgan fingerprint density at radius 3 is 2.48 bits per heavy atom. The molecule has 0 bridgehead atoms. The van der Waals surface area contributed by atoms with Crippen molar-refractivity contribution in [3.05, 3.63) is 34.7 Å². The van der Waals surface area contributed by atoms with E-state index in [9.17, 15) is 4.79 Å². The molecule has 0 amide bonds. The van der Waals surface area contributed by atoms with E-state index in [-0.39, 0.29) is 35.1 Å². The molecule has 3 rings (SSSR count). The summed E-state index contributed by atoms with van der Waals surface area (Å²) < 4.78 is 1.78. The maximum atomic E-state index is 11.8. The highest BCUT2D eigenvalue weighted by Crippen LogP contribution is 2.35. The minimum absolute atomic E-state index is 0. The molecule has 1 aliphatic carbocycles. The van der Waals surface area contributed by atoms with E-state index in [4.69, 9.17) is 4.99 Å². The standard InChI is InChI=1S/C24H41N5O.HI/c1-2-25-23(26-16-8-12-18-28-17-11-5-13-22(28)30)27-21-24(14-6-3-7-15-24)29-19-9-4-10-20-29;/h5,11,13,17H,2-4,6-10,12,14-16,18-21H2,1H3,(H2,25,26,27);1H. The third-order valence-corrected chi connectivity index (χ3v) is 6.70. The SMILES string of the molecule is CCNC(=NCC1(N2CCCCC2)CCCCC1)NCCCCn1ccccc1=O.I. The molecule has 2 heterocycles. The molecule has 0 spiro atoms. The van der Waals surface area contributed by atoms with Crippen molar-refractivity contribution in [2.45, 2.75) is 83.2 Å². The summed E-state index contributed by atoms with van der Waals surface area (Å²) in [7, 11) is 0. The van der Waals surface area contributed by atoms with Crippen molar-refractivity contribution in [1.82, 2.24) is 20.1 Å². The van der Waals surface area contributed by atoms with Gasteiger partial charge in [0.2, 0.25) is 5.56 Å². The molecule has 176 valence electrons. The van der Waals surface area contributed by atoms with Crippen LogP contribution in [0.15, 0.2) is 34.2 Å². The zero-order chi connectivity index (χ0) is 21.1. The summed E-state index contributed by atoms with van der Waals surface area (Å²) in [4.78, 5) is 19.6. The maximum absolute atomic E-state index is 11.8. The third-order valence-electron chi connectivity index (χ3n) is 6.70. The summed E-state index contributed by atoms with van der Waals surface area (Å²) in [5.41, 5.74) is 0.353. The van der Waals surface area contributed by atoms with Crippen molar-refractivity contribution < 1.29 is 0 Å². The van der Waals surface area contributed by atoms with Gasteiger partial charge in [-0.1, -0.05) is 31.7 Å². The molecule has 1 aromatic rings. The Labute approximate surface area is 205 Å².